The van der Waals surface area contributed by atoms with Crippen molar-refractivity contribution >= 4 is 22.9 Å². The van der Waals surface area contributed by atoms with Crippen LogP contribution in [0.15, 0.2) is 17.5 Å². The number of hydrogen-bond donors (Lipinski definition) is 2. The maximum atomic E-state index is 13.6. The molecule has 1 aromatic carbocycles. The molecule has 3 N–H and O–H groups in total. The van der Waals surface area contributed by atoms with E-state index in [9.17, 15) is 13.6 Å². The third-order valence-electron chi connectivity index (χ3n) is 2.64. The fourth-order valence-electron chi connectivity index (χ4n) is 1.53. The van der Waals surface area contributed by atoms with Crippen LogP contribution in [0.3, 0.4) is 0 Å². The maximum Gasteiger partial charge on any atom is 0.275 e. The van der Waals surface area contributed by atoms with Gasteiger partial charge in [-0.2, -0.15) is 0 Å². The number of nitrogens with two attached hydrogens (primary N) is 1. The molecule has 1 unspecified atom stereocenters. The number of halogens is 2. The smallest absolute Gasteiger partial charge is 0.275 e. The average Bonchev–Trinajstić information content (AvgIpc) is 2.85. The molecule has 0 aliphatic carbocycles. The molecule has 0 saturated heterocycles. The number of benzene rings is 1. The zero-order chi connectivity index (χ0) is 14.9. The Balaban J connectivity index is 2.21. The number of rotatable bonds is 3. The van der Waals surface area contributed by atoms with Gasteiger partial charge in [-0.25, -0.2) is 13.8 Å². The van der Waals surface area contributed by atoms with E-state index in [0.717, 1.165) is 12.1 Å². The number of thiazole rings is 1. The molecule has 1 atom stereocenters. The number of hydrogen-bond acceptors (Lipinski definition) is 4. The van der Waals surface area contributed by atoms with Gasteiger partial charge >= 0.3 is 0 Å². The van der Waals surface area contributed by atoms with E-state index in [1.165, 1.54) is 23.6 Å². The lowest BCUT2D eigenvalue weighted by atomic mass is 10.2. The highest BCUT2D eigenvalue weighted by molar-refractivity contribution is 7.09. The molecule has 1 amide bonds. The van der Waals surface area contributed by atoms with E-state index in [-0.39, 0.29) is 23.0 Å². The summed E-state index contributed by atoms with van der Waals surface area (Å²) < 4.78 is 27.0. The van der Waals surface area contributed by atoms with E-state index in [2.05, 4.69) is 10.3 Å². The van der Waals surface area contributed by atoms with Crippen LogP contribution in [-0.4, -0.2) is 10.9 Å². The number of nitrogens with one attached hydrogen (secondary N) is 1. The summed E-state index contributed by atoms with van der Waals surface area (Å²) in [5.41, 5.74) is 5.73. The topological polar surface area (TPSA) is 68.0 Å². The molecule has 0 radical (unpaired) electrons. The molecule has 0 aliphatic rings. The zero-order valence-electron chi connectivity index (χ0n) is 10.9. The summed E-state index contributed by atoms with van der Waals surface area (Å²) in [5.74, 6) is -1.88. The summed E-state index contributed by atoms with van der Waals surface area (Å²) in [4.78, 5) is 15.9. The molecule has 0 aliphatic heterocycles. The van der Waals surface area contributed by atoms with Crippen LogP contribution in [0.1, 0.15) is 34.0 Å². The minimum atomic E-state index is -0.695. The molecule has 4 nitrogen and oxygen atoms in total. The second-order valence-corrected chi connectivity index (χ2v) is 5.28. The molecular formula is C13H13F2N3OS. The molecule has 1 aromatic heterocycles. The van der Waals surface area contributed by atoms with Crippen molar-refractivity contribution in [2.75, 3.05) is 5.32 Å². The van der Waals surface area contributed by atoms with Crippen LogP contribution in [0.2, 0.25) is 0 Å². The van der Waals surface area contributed by atoms with Crippen molar-refractivity contribution in [1.82, 2.24) is 4.98 Å². The number of aromatic nitrogens is 1. The van der Waals surface area contributed by atoms with Gasteiger partial charge in [0.1, 0.15) is 22.3 Å². The molecular weight excluding hydrogens is 284 g/mol. The van der Waals surface area contributed by atoms with E-state index in [1.807, 2.05) is 0 Å². The lowest BCUT2D eigenvalue weighted by Crippen LogP contribution is -2.14. The third kappa shape index (κ3) is 3.00. The minimum absolute atomic E-state index is 0.127. The molecule has 2 aromatic rings. The average molecular weight is 297 g/mol. The summed E-state index contributed by atoms with van der Waals surface area (Å²) in [6.07, 6.45) is 0. The van der Waals surface area contributed by atoms with Crippen LogP contribution in [0, 0.1) is 18.6 Å². The van der Waals surface area contributed by atoms with Crippen molar-refractivity contribution in [2.24, 2.45) is 5.73 Å². The molecule has 0 saturated carbocycles. The highest BCUT2D eigenvalue weighted by Gasteiger charge is 2.15. The van der Waals surface area contributed by atoms with Gasteiger partial charge < -0.3 is 11.1 Å². The van der Waals surface area contributed by atoms with Gasteiger partial charge in [-0.3, -0.25) is 4.79 Å². The van der Waals surface area contributed by atoms with Crippen LogP contribution in [0.25, 0.3) is 0 Å². The van der Waals surface area contributed by atoms with E-state index in [4.69, 9.17) is 5.73 Å². The van der Waals surface area contributed by atoms with Crippen LogP contribution in [0.4, 0.5) is 14.5 Å². The highest BCUT2D eigenvalue weighted by atomic mass is 32.1. The van der Waals surface area contributed by atoms with Gasteiger partial charge in [0.25, 0.3) is 5.91 Å². The van der Waals surface area contributed by atoms with Gasteiger partial charge in [0.15, 0.2) is 0 Å². The number of anilines is 1. The second-order valence-electron chi connectivity index (χ2n) is 4.40. The van der Waals surface area contributed by atoms with Crippen molar-refractivity contribution in [3.8, 4) is 0 Å². The van der Waals surface area contributed by atoms with Crippen molar-refractivity contribution in [2.45, 2.75) is 19.9 Å². The Kier molecular flexibility index (Phi) is 4.10. The van der Waals surface area contributed by atoms with Crippen molar-refractivity contribution in [3.63, 3.8) is 0 Å². The molecule has 20 heavy (non-hydrogen) atoms. The molecule has 0 spiro atoms. The zero-order valence-corrected chi connectivity index (χ0v) is 11.7. The first-order chi connectivity index (χ1) is 9.38. The first-order valence-electron chi connectivity index (χ1n) is 5.86. The van der Waals surface area contributed by atoms with Gasteiger partial charge in [0, 0.05) is 11.4 Å². The van der Waals surface area contributed by atoms with E-state index in [0.29, 0.717) is 5.01 Å². The summed E-state index contributed by atoms with van der Waals surface area (Å²) >= 11 is 1.24. The largest absolute Gasteiger partial charge is 0.322 e. The van der Waals surface area contributed by atoms with Crippen LogP contribution >= 0.6 is 11.3 Å². The standard InChI is InChI=1S/C13H13F2N3OS/c1-6-3-9(15)10(4-8(6)14)17-12(19)11-5-20-13(18-11)7(2)16/h3-5,7H,16H2,1-2H3,(H,17,19). The monoisotopic (exact) mass is 297 g/mol. The van der Waals surface area contributed by atoms with Gasteiger partial charge in [-0.05, 0) is 25.5 Å². The number of carbonyl (C=O) groups is 1. The first-order valence-corrected chi connectivity index (χ1v) is 6.74. The molecule has 2 rings (SSSR count). The van der Waals surface area contributed by atoms with E-state index in [1.54, 1.807) is 6.92 Å². The number of amides is 1. The van der Waals surface area contributed by atoms with Gasteiger partial charge in [-0.1, -0.05) is 0 Å². The van der Waals surface area contributed by atoms with Crippen molar-refractivity contribution in [3.05, 3.63) is 45.4 Å². The molecule has 1 heterocycles. The Labute approximate surface area is 118 Å². The third-order valence-corrected chi connectivity index (χ3v) is 3.69. The second kappa shape index (κ2) is 5.64. The van der Waals surface area contributed by atoms with Crippen molar-refractivity contribution in [1.29, 1.82) is 0 Å². The van der Waals surface area contributed by atoms with Gasteiger partial charge in [0.05, 0.1) is 11.7 Å². The molecule has 7 heteroatoms. The quantitative estimate of drug-likeness (QED) is 0.915. The van der Waals surface area contributed by atoms with Gasteiger partial charge in [-0.15, -0.1) is 11.3 Å². The fraction of sp³-hybridized carbons (Fsp3) is 0.231. The maximum absolute atomic E-state index is 13.6. The Morgan fingerprint density at radius 2 is 2.10 bits per heavy atom. The minimum Gasteiger partial charge on any atom is -0.322 e. The SMILES string of the molecule is Cc1cc(F)c(NC(=O)c2csc(C(C)N)n2)cc1F. The van der Waals surface area contributed by atoms with E-state index < -0.39 is 17.5 Å². The van der Waals surface area contributed by atoms with Crippen molar-refractivity contribution < 1.29 is 13.6 Å². The fourth-order valence-corrected chi connectivity index (χ4v) is 2.29. The Bertz CT molecular complexity index is 655. The molecule has 0 bridgehead atoms. The molecule has 106 valence electrons. The van der Waals surface area contributed by atoms with Crippen LogP contribution in [0.5, 0.6) is 0 Å². The normalized spacial score (nSPS) is 12.2. The highest BCUT2D eigenvalue weighted by Crippen LogP contribution is 2.21. The Morgan fingerprint density at radius 1 is 1.40 bits per heavy atom. The summed E-state index contributed by atoms with van der Waals surface area (Å²) in [7, 11) is 0. The first kappa shape index (κ1) is 14.5. The Morgan fingerprint density at radius 3 is 2.70 bits per heavy atom. The summed E-state index contributed by atoms with van der Waals surface area (Å²) in [5, 5.41) is 4.42. The predicted molar refractivity (Wildman–Crippen MR) is 73.8 cm³/mol. The number of carbonyl (C=O) groups excluding carboxylic acids is 1. The Hall–Kier alpha value is -1.86. The lowest BCUT2D eigenvalue weighted by molar-refractivity contribution is 0.102. The summed E-state index contributed by atoms with van der Waals surface area (Å²) in [6, 6.07) is 1.69. The molecule has 0 fully saturated rings. The predicted octanol–water partition coefficient (Wildman–Crippen LogP) is 3.00. The van der Waals surface area contributed by atoms with Crippen LogP contribution in [-0.2, 0) is 0 Å². The van der Waals surface area contributed by atoms with Gasteiger partial charge in [0.2, 0.25) is 0 Å². The number of aryl methyl sites for hydroxylation is 1. The van der Waals surface area contributed by atoms with Crippen LogP contribution < -0.4 is 11.1 Å². The summed E-state index contributed by atoms with van der Waals surface area (Å²) in [6.45, 7) is 3.19. The number of nitrogens with zero attached hydrogens (tertiary/aromatic N) is 1. The lowest BCUT2D eigenvalue weighted by Gasteiger charge is -2.06. The van der Waals surface area contributed by atoms with E-state index >= 15 is 0 Å².